The third-order valence-electron chi connectivity index (χ3n) is 2.82. The molecule has 2 rings (SSSR count). The normalized spacial score (nSPS) is 10.6. The predicted molar refractivity (Wildman–Crippen MR) is 68.8 cm³/mol. The second-order valence-corrected chi connectivity index (χ2v) is 4.38. The maximum Gasteiger partial charge on any atom is 0.289 e. The molecule has 0 saturated heterocycles. The quantitative estimate of drug-likeness (QED) is 0.934. The maximum absolute atomic E-state index is 13.1. The number of benzene rings is 1. The lowest BCUT2D eigenvalue weighted by atomic mass is 10.2. The van der Waals surface area contributed by atoms with E-state index in [0.717, 1.165) is 12.1 Å². The number of furan rings is 1. The highest BCUT2D eigenvalue weighted by Crippen LogP contribution is 2.14. The Hall–Kier alpha value is -2.21. The van der Waals surface area contributed by atoms with Gasteiger partial charge >= 0.3 is 0 Å². The van der Waals surface area contributed by atoms with Gasteiger partial charge in [-0.05, 0) is 29.8 Å². The third-order valence-corrected chi connectivity index (χ3v) is 2.82. The molecule has 1 heterocycles. The van der Waals surface area contributed by atoms with Crippen molar-refractivity contribution in [2.24, 2.45) is 5.73 Å². The van der Waals surface area contributed by atoms with Gasteiger partial charge in [0.05, 0.1) is 6.54 Å². The summed E-state index contributed by atoms with van der Waals surface area (Å²) < 4.78 is 31.2. The van der Waals surface area contributed by atoms with E-state index >= 15 is 0 Å². The molecule has 0 aliphatic rings. The van der Waals surface area contributed by atoms with Gasteiger partial charge in [-0.25, -0.2) is 8.78 Å². The zero-order chi connectivity index (χ0) is 14.7. The van der Waals surface area contributed by atoms with E-state index in [-0.39, 0.29) is 24.8 Å². The van der Waals surface area contributed by atoms with Crippen LogP contribution < -0.4 is 5.73 Å². The zero-order valence-electron chi connectivity index (χ0n) is 10.9. The van der Waals surface area contributed by atoms with Crippen LogP contribution in [0.4, 0.5) is 8.78 Å². The number of nitrogens with two attached hydrogens (primary N) is 1. The van der Waals surface area contributed by atoms with Crippen molar-refractivity contribution in [3.63, 3.8) is 0 Å². The minimum absolute atomic E-state index is 0.148. The van der Waals surface area contributed by atoms with Gasteiger partial charge in [-0.2, -0.15) is 0 Å². The summed E-state index contributed by atoms with van der Waals surface area (Å²) in [5.74, 6) is -1.53. The van der Waals surface area contributed by atoms with Crippen molar-refractivity contribution in [3.05, 3.63) is 59.1 Å². The number of amides is 1. The Labute approximate surface area is 114 Å². The smallest absolute Gasteiger partial charge is 0.289 e. The molecular formula is C14H14F2N2O2. The number of hydrogen-bond acceptors (Lipinski definition) is 3. The molecule has 0 aliphatic heterocycles. The molecule has 0 fully saturated rings. The van der Waals surface area contributed by atoms with Gasteiger partial charge in [0.15, 0.2) is 17.4 Å². The number of nitrogens with zero attached hydrogens (tertiary/aromatic N) is 1. The second-order valence-electron chi connectivity index (χ2n) is 4.38. The summed E-state index contributed by atoms with van der Waals surface area (Å²) in [6, 6.07) is 6.68. The van der Waals surface area contributed by atoms with Crippen LogP contribution in [-0.4, -0.2) is 17.9 Å². The fraction of sp³-hybridized carbons (Fsp3) is 0.214. The van der Waals surface area contributed by atoms with Crippen LogP contribution in [0.5, 0.6) is 0 Å². The van der Waals surface area contributed by atoms with Crippen LogP contribution in [0.2, 0.25) is 0 Å². The van der Waals surface area contributed by atoms with Crippen molar-refractivity contribution < 1.29 is 18.0 Å². The highest BCUT2D eigenvalue weighted by molar-refractivity contribution is 5.91. The van der Waals surface area contributed by atoms with Crippen molar-refractivity contribution in [1.82, 2.24) is 4.90 Å². The van der Waals surface area contributed by atoms with E-state index in [2.05, 4.69) is 0 Å². The molecule has 106 valence electrons. The monoisotopic (exact) mass is 280 g/mol. The molecule has 0 spiro atoms. The average Bonchev–Trinajstić information content (AvgIpc) is 2.91. The van der Waals surface area contributed by atoms with E-state index < -0.39 is 11.6 Å². The molecule has 1 aromatic heterocycles. The van der Waals surface area contributed by atoms with Crippen LogP contribution in [0.25, 0.3) is 0 Å². The molecule has 0 aliphatic carbocycles. The van der Waals surface area contributed by atoms with Gasteiger partial charge in [0, 0.05) is 13.6 Å². The van der Waals surface area contributed by atoms with Crippen molar-refractivity contribution >= 4 is 5.91 Å². The Morgan fingerprint density at radius 2 is 2.00 bits per heavy atom. The number of rotatable bonds is 4. The zero-order valence-corrected chi connectivity index (χ0v) is 10.9. The molecule has 0 saturated carbocycles. The summed E-state index contributed by atoms with van der Waals surface area (Å²) in [5, 5.41) is 0. The summed E-state index contributed by atoms with van der Waals surface area (Å²) in [5.41, 5.74) is 5.89. The van der Waals surface area contributed by atoms with Gasteiger partial charge in [-0.15, -0.1) is 0 Å². The SMILES string of the molecule is CN(Cc1ccc(F)c(F)c1)C(=O)c1ccc(CN)o1. The van der Waals surface area contributed by atoms with Crippen LogP contribution >= 0.6 is 0 Å². The molecule has 4 nitrogen and oxygen atoms in total. The Morgan fingerprint density at radius 3 is 2.60 bits per heavy atom. The summed E-state index contributed by atoms with van der Waals surface area (Å²) in [6.07, 6.45) is 0. The summed E-state index contributed by atoms with van der Waals surface area (Å²) in [6.45, 7) is 0.356. The first-order chi connectivity index (χ1) is 9.51. The topological polar surface area (TPSA) is 59.5 Å². The highest BCUT2D eigenvalue weighted by atomic mass is 19.2. The second kappa shape index (κ2) is 5.83. The van der Waals surface area contributed by atoms with Gasteiger partial charge in [-0.3, -0.25) is 4.79 Å². The van der Waals surface area contributed by atoms with E-state index in [0.29, 0.717) is 11.3 Å². The largest absolute Gasteiger partial charge is 0.455 e. The molecule has 0 unspecified atom stereocenters. The fourth-order valence-electron chi connectivity index (χ4n) is 1.77. The third kappa shape index (κ3) is 3.03. The van der Waals surface area contributed by atoms with E-state index in [4.69, 9.17) is 10.2 Å². The maximum atomic E-state index is 13.1. The molecule has 20 heavy (non-hydrogen) atoms. The first kappa shape index (κ1) is 14.2. The van der Waals surface area contributed by atoms with Gasteiger partial charge in [0.25, 0.3) is 5.91 Å². The number of carbonyl (C=O) groups is 1. The van der Waals surface area contributed by atoms with Crippen molar-refractivity contribution in [2.45, 2.75) is 13.1 Å². The van der Waals surface area contributed by atoms with Gasteiger partial charge in [0.2, 0.25) is 0 Å². The van der Waals surface area contributed by atoms with Crippen molar-refractivity contribution in [3.8, 4) is 0 Å². The van der Waals surface area contributed by atoms with E-state index in [9.17, 15) is 13.6 Å². The van der Waals surface area contributed by atoms with Crippen molar-refractivity contribution in [1.29, 1.82) is 0 Å². The molecule has 0 radical (unpaired) electrons. The van der Waals surface area contributed by atoms with Crippen LogP contribution in [0.1, 0.15) is 21.9 Å². The number of hydrogen-bond donors (Lipinski definition) is 1. The lowest BCUT2D eigenvalue weighted by molar-refractivity contribution is 0.0751. The Morgan fingerprint density at radius 1 is 1.25 bits per heavy atom. The van der Waals surface area contributed by atoms with Crippen LogP contribution in [0.15, 0.2) is 34.7 Å². The molecule has 1 aromatic carbocycles. The Bertz CT molecular complexity index is 625. The molecule has 6 heteroatoms. The molecule has 1 amide bonds. The molecule has 2 N–H and O–H groups in total. The number of halogens is 2. The van der Waals surface area contributed by atoms with E-state index in [1.807, 2.05) is 0 Å². The van der Waals surface area contributed by atoms with E-state index in [1.165, 1.54) is 17.0 Å². The fourth-order valence-corrected chi connectivity index (χ4v) is 1.77. The minimum Gasteiger partial charge on any atom is -0.455 e. The Balaban J connectivity index is 2.08. The summed E-state index contributed by atoms with van der Waals surface area (Å²) >= 11 is 0. The lowest BCUT2D eigenvalue weighted by Crippen LogP contribution is -2.25. The average molecular weight is 280 g/mol. The molecule has 0 bridgehead atoms. The van der Waals surface area contributed by atoms with Crippen LogP contribution in [0.3, 0.4) is 0 Å². The number of carbonyl (C=O) groups excluding carboxylic acids is 1. The minimum atomic E-state index is -0.938. The molecular weight excluding hydrogens is 266 g/mol. The highest BCUT2D eigenvalue weighted by Gasteiger charge is 2.16. The molecule has 2 aromatic rings. The first-order valence-corrected chi connectivity index (χ1v) is 5.99. The van der Waals surface area contributed by atoms with E-state index in [1.54, 1.807) is 13.1 Å². The summed E-state index contributed by atoms with van der Waals surface area (Å²) in [4.78, 5) is 13.4. The van der Waals surface area contributed by atoms with Crippen molar-refractivity contribution in [2.75, 3.05) is 7.05 Å². The first-order valence-electron chi connectivity index (χ1n) is 5.99. The molecule has 0 atom stereocenters. The Kier molecular flexibility index (Phi) is 4.14. The predicted octanol–water partition coefficient (Wildman–Crippen LogP) is 2.29. The van der Waals surface area contributed by atoms with Gasteiger partial charge < -0.3 is 15.1 Å². The lowest BCUT2D eigenvalue weighted by Gasteiger charge is -2.15. The standard InChI is InChI=1S/C14H14F2N2O2/c1-18(8-9-2-4-11(15)12(16)6-9)14(19)13-5-3-10(7-17)20-13/h2-6H,7-8,17H2,1H3. The van der Waals surface area contributed by atoms with Gasteiger partial charge in [0.1, 0.15) is 5.76 Å². The van der Waals surface area contributed by atoms with Gasteiger partial charge in [-0.1, -0.05) is 6.07 Å². The summed E-state index contributed by atoms with van der Waals surface area (Å²) in [7, 11) is 1.55. The van der Waals surface area contributed by atoms with Crippen LogP contribution in [0, 0.1) is 11.6 Å². The van der Waals surface area contributed by atoms with Crippen LogP contribution in [-0.2, 0) is 13.1 Å².